The van der Waals surface area contributed by atoms with Crippen LogP contribution < -0.4 is 0 Å². The first-order valence-corrected chi connectivity index (χ1v) is 10.7. The summed E-state index contributed by atoms with van der Waals surface area (Å²) in [5.41, 5.74) is 3.09. The van der Waals surface area contributed by atoms with Gasteiger partial charge in [-0.1, -0.05) is 36.4 Å². The predicted octanol–water partition coefficient (Wildman–Crippen LogP) is 4.94. The van der Waals surface area contributed by atoms with Crippen molar-refractivity contribution in [3.8, 4) is 23.0 Å². The van der Waals surface area contributed by atoms with Gasteiger partial charge < -0.3 is 4.42 Å². The van der Waals surface area contributed by atoms with Crippen LogP contribution in [0.25, 0.3) is 23.0 Å². The SMILES string of the molecule is CN(Cc1cnn(-c2ccccc2)c1)Cn1nc(-c2ccco2)n(-c2ccccc2)c1=S. The topological polar surface area (TPSA) is 57.0 Å². The molecule has 0 aliphatic heterocycles. The molecule has 0 radical (unpaired) electrons. The van der Waals surface area contributed by atoms with Crippen LogP contribution in [0, 0.1) is 4.77 Å². The lowest BCUT2D eigenvalue weighted by Gasteiger charge is -2.15. The summed E-state index contributed by atoms with van der Waals surface area (Å²) in [7, 11) is 2.04. The molecule has 0 atom stereocenters. The Morgan fingerprint density at radius 3 is 2.34 bits per heavy atom. The maximum atomic E-state index is 5.80. The van der Waals surface area contributed by atoms with Gasteiger partial charge in [0.2, 0.25) is 10.6 Å². The van der Waals surface area contributed by atoms with E-state index in [4.69, 9.17) is 21.7 Å². The van der Waals surface area contributed by atoms with Crippen LogP contribution in [0.3, 0.4) is 0 Å². The first-order valence-electron chi connectivity index (χ1n) is 10.3. The summed E-state index contributed by atoms with van der Waals surface area (Å²) in [6.45, 7) is 1.24. The standard InChI is InChI=1S/C24H22N6OS/c1-27(16-19-15-25-28(17-19)20-9-4-2-5-10-20)18-29-24(32)30(21-11-6-3-7-12-21)23(26-29)22-13-8-14-31-22/h2-15,17H,16,18H2,1H3. The normalized spacial score (nSPS) is 11.3. The van der Waals surface area contributed by atoms with Crippen LogP contribution in [-0.4, -0.2) is 36.1 Å². The molecule has 5 aromatic rings. The molecular formula is C24H22N6OS. The smallest absolute Gasteiger partial charge is 0.204 e. The number of furan rings is 1. The van der Waals surface area contributed by atoms with Crippen LogP contribution in [0.4, 0.5) is 0 Å². The second-order valence-corrected chi connectivity index (χ2v) is 7.90. The van der Waals surface area contributed by atoms with Crippen molar-refractivity contribution in [3.63, 3.8) is 0 Å². The average Bonchev–Trinajstić information content (AvgIpc) is 3.57. The molecule has 0 saturated heterocycles. The Morgan fingerprint density at radius 1 is 0.938 bits per heavy atom. The molecule has 0 spiro atoms. The second kappa shape index (κ2) is 8.78. The van der Waals surface area contributed by atoms with E-state index >= 15 is 0 Å². The molecular weight excluding hydrogens is 420 g/mol. The van der Waals surface area contributed by atoms with Gasteiger partial charge in [0.1, 0.15) is 0 Å². The molecule has 0 unspecified atom stereocenters. The van der Waals surface area contributed by atoms with E-state index in [-0.39, 0.29) is 0 Å². The third-order valence-corrected chi connectivity index (χ3v) is 5.47. The Labute approximate surface area is 190 Å². The molecule has 3 aromatic heterocycles. The molecule has 0 aliphatic rings. The molecule has 8 heteroatoms. The molecule has 3 heterocycles. The second-order valence-electron chi connectivity index (χ2n) is 7.54. The highest BCUT2D eigenvalue weighted by atomic mass is 32.1. The van der Waals surface area contributed by atoms with Gasteiger partial charge in [-0.3, -0.25) is 9.47 Å². The van der Waals surface area contributed by atoms with Crippen molar-refractivity contribution in [1.29, 1.82) is 0 Å². The van der Waals surface area contributed by atoms with Crippen molar-refractivity contribution >= 4 is 12.2 Å². The Balaban J connectivity index is 1.40. The molecule has 0 aliphatic carbocycles. The monoisotopic (exact) mass is 442 g/mol. The van der Waals surface area contributed by atoms with E-state index in [0.29, 0.717) is 29.6 Å². The lowest BCUT2D eigenvalue weighted by molar-refractivity contribution is 0.244. The van der Waals surface area contributed by atoms with Crippen LogP contribution in [0.2, 0.25) is 0 Å². The van der Waals surface area contributed by atoms with Gasteiger partial charge in [0.25, 0.3) is 0 Å². The lowest BCUT2D eigenvalue weighted by Crippen LogP contribution is -2.22. The minimum Gasteiger partial charge on any atom is -0.461 e. The van der Waals surface area contributed by atoms with Gasteiger partial charge >= 0.3 is 0 Å². The summed E-state index contributed by atoms with van der Waals surface area (Å²) >= 11 is 5.80. The fraction of sp³-hybridized carbons (Fsp3) is 0.125. The molecule has 2 aromatic carbocycles. The van der Waals surface area contributed by atoms with Crippen LogP contribution in [0.5, 0.6) is 0 Å². The molecule has 0 fully saturated rings. The number of para-hydroxylation sites is 2. The van der Waals surface area contributed by atoms with E-state index in [2.05, 4.69) is 10.00 Å². The summed E-state index contributed by atoms with van der Waals surface area (Å²) < 4.78 is 11.9. The van der Waals surface area contributed by atoms with Gasteiger partial charge in [-0.25, -0.2) is 9.36 Å². The molecule has 32 heavy (non-hydrogen) atoms. The quantitative estimate of drug-likeness (QED) is 0.334. The number of hydrogen-bond acceptors (Lipinski definition) is 5. The maximum absolute atomic E-state index is 5.80. The molecule has 5 rings (SSSR count). The van der Waals surface area contributed by atoms with Gasteiger partial charge in [-0.2, -0.15) is 5.10 Å². The van der Waals surface area contributed by atoms with Crippen molar-refractivity contribution in [2.24, 2.45) is 0 Å². The van der Waals surface area contributed by atoms with E-state index < -0.39 is 0 Å². The van der Waals surface area contributed by atoms with Gasteiger partial charge in [-0.05, 0) is 55.7 Å². The van der Waals surface area contributed by atoms with E-state index in [1.807, 2.05) is 106 Å². The Morgan fingerprint density at radius 2 is 1.66 bits per heavy atom. The zero-order valence-corrected chi connectivity index (χ0v) is 18.4. The van der Waals surface area contributed by atoms with Crippen molar-refractivity contribution in [3.05, 3.63) is 102 Å². The van der Waals surface area contributed by atoms with Crippen LogP contribution in [0.1, 0.15) is 5.56 Å². The zero-order chi connectivity index (χ0) is 21.9. The van der Waals surface area contributed by atoms with E-state index in [1.165, 1.54) is 0 Å². The van der Waals surface area contributed by atoms with Gasteiger partial charge in [0.15, 0.2) is 5.76 Å². The fourth-order valence-corrected chi connectivity index (χ4v) is 3.92. The summed E-state index contributed by atoms with van der Waals surface area (Å²) in [6.07, 6.45) is 5.57. The largest absolute Gasteiger partial charge is 0.461 e. The van der Waals surface area contributed by atoms with E-state index in [0.717, 1.165) is 16.9 Å². The maximum Gasteiger partial charge on any atom is 0.204 e. The van der Waals surface area contributed by atoms with Gasteiger partial charge in [0, 0.05) is 18.3 Å². The van der Waals surface area contributed by atoms with Crippen LogP contribution in [0.15, 0.2) is 95.9 Å². The zero-order valence-electron chi connectivity index (χ0n) is 17.6. The van der Waals surface area contributed by atoms with Crippen molar-refractivity contribution in [1.82, 2.24) is 29.0 Å². The lowest BCUT2D eigenvalue weighted by atomic mass is 10.3. The van der Waals surface area contributed by atoms with Crippen molar-refractivity contribution in [2.75, 3.05) is 7.05 Å². The van der Waals surface area contributed by atoms with Crippen LogP contribution in [-0.2, 0) is 13.2 Å². The number of hydrogen-bond donors (Lipinski definition) is 0. The molecule has 0 saturated carbocycles. The van der Waals surface area contributed by atoms with E-state index in [9.17, 15) is 0 Å². The summed E-state index contributed by atoms with van der Waals surface area (Å²) in [5, 5.41) is 9.27. The Bertz CT molecular complexity index is 1350. The number of benzene rings is 2. The van der Waals surface area contributed by atoms with E-state index in [1.54, 1.807) is 6.26 Å². The highest BCUT2D eigenvalue weighted by Crippen LogP contribution is 2.23. The molecule has 0 N–H and O–H groups in total. The molecule has 160 valence electrons. The first kappa shape index (κ1) is 20.2. The first-order chi connectivity index (χ1) is 15.7. The fourth-order valence-electron chi connectivity index (χ4n) is 3.63. The molecule has 0 amide bonds. The number of nitrogens with zero attached hydrogens (tertiary/aromatic N) is 6. The Hall–Kier alpha value is -3.75. The minimum atomic E-state index is 0.531. The van der Waals surface area contributed by atoms with Gasteiger partial charge in [-0.15, -0.1) is 5.10 Å². The highest BCUT2D eigenvalue weighted by Gasteiger charge is 2.17. The summed E-state index contributed by atoms with van der Waals surface area (Å²) in [4.78, 5) is 2.15. The third kappa shape index (κ3) is 4.05. The minimum absolute atomic E-state index is 0.531. The molecule has 0 bridgehead atoms. The highest BCUT2D eigenvalue weighted by molar-refractivity contribution is 7.71. The predicted molar refractivity (Wildman–Crippen MR) is 125 cm³/mol. The Kier molecular flexibility index (Phi) is 5.53. The van der Waals surface area contributed by atoms with Gasteiger partial charge in [0.05, 0.1) is 30.5 Å². The van der Waals surface area contributed by atoms with Crippen molar-refractivity contribution in [2.45, 2.75) is 13.2 Å². The average molecular weight is 443 g/mol. The van der Waals surface area contributed by atoms with Crippen LogP contribution >= 0.6 is 12.2 Å². The number of rotatable bonds is 7. The van der Waals surface area contributed by atoms with Crippen molar-refractivity contribution < 1.29 is 4.42 Å². The molecule has 7 nitrogen and oxygen atoms in total. The summed E-state index contributed by atoms with van der Waals surface area (Å²) in [6, 6.07) is 23.8. The number of aromatic nitrogens is 5. The summed E-state index contributed by atoms with van der Waals surface area (Å²) in [5.74, 6) is 1.35. The third-order valence-electron chi connectivity index (χ3n) is 5.08.